The minimum Gasteiger partial charge on any atom is -0.455 e. The number of hydrogen-bond acceptors (Lipinski definition) is 1. The average Bonchev–Trinajstić information content (AvgIpc) is 2.96. The van der Waals surface area contributed by atoms with Crippen LogP contribution in [0.25, 0.3) is 33.4 Å². The van der Waals surface area contributed by atoms with E-state index in [1.807, 2.05) is 24.3 Å². The number of furan rings is 1. The molecule has 0 atom stereocenters. The number of benzene rings is 3. The standard InChI is InChI=1S/C20H12F2O/c21-15-9-5-13(6-10-15)19-17-3-1-2-4-18(17)23-20(19)14-7-11-16(22)12-8-14/h1-12H. The summed E-state index contributed by atoms with van der Waals surface area (Å²) in [5.41, 5.74) is 3.26. The van der Waals surface area contributed by atoms with Crippen molar-refractivity contribution in [1.29, 1.82) is 0 Å². The molecule has 3 heteroatoms. The van der Waals surface area contributed by atoms with E-state index in [-0.39, 0.29) is 11.6 Å². The van der Waals surface area contributed by atoms with Gasteiger partial charge in [-0.3, -0.25) is 0 Å². The van der Waals surface area contributed by atoms with E-state index in [0.29, 0.717) is 5.76 Å². The lowest BCUT2D eigenvalue weighted by molar-refractivity contribution is 0.623. The lowest BCUT2D eigenvalue weighted by Gasteiger charge is -2.04. The fraction of sp³-hybridized carbons (Fsp3) is 0. The third-order valence-corrected chi connectivity index (χ3v) is 3.83. The molecule has 0 saturated heterocycles. The summed E-state index contributed by atoms with van der Waals surface area (Å²) in [5, 5.41) is 0.943. The monoisotopic (exact) mass is 306 g/mol. The van der Waals surface area contributed by atoms with Crippen LogP contribution in [0.5, 0.6) is 0 Å². The molecule has 1 heterocycles. The molecule has 1 nitrogen and oxygen atoms in total. The molecule has 1 aromatic heterocycles. The van der Waals surface area contributed by atoms with Gasteiger partial charge in [-0.2, -0.15) is 0 Å². The van der Waals surface area contributed by atoms with E-state index in [1.165, 1.54) is 24.3 Å². The lowest BCUT2D eigenvalue weighted by atomic mass is 9.98. The molecule has 0 spiro atoms. The van der Waals surface area contributed by atoms with Crippen LogP contribution in [0.2, 0.25) is 0 Å². The summed E-state index contributed by atoms with van der Waals surface area (Å²) in [6.45, 7) is 0. The van der Waals surface area contributed by atoms with Crippen molar-refractivity contribution < 1.29 is 13.2 Å². The van der Waals surface area contributed by atoms with Crippen LogP contribution in [0.4, 0.5) is 8.78 Å². The highest BCUT2D eigenvalue weighted by Gasteiger charge is 2.17. The highest BCUT2D eigenvalue weighted by Crippen LogP contribution is 2.40. The average molecular weight is 306 g/mol. The first-order valence-electron chi connectivity index (χ1n) is 7.26. The second-order valence-corrected chi connectivity index (χ2v) is 5.32. The maximum atomic E-state index is 13.2. The zero-order chi connectivity index (χ0) is 15.8. The van der Waals surface area contributed by atoms with E-state index >= 15 is 0 Å². The molecule has 0 unspecified atom stereocenters. The van der Waals surface area contributed by atoms with Gasteiger partial charge in [0.2, 0.25) is 0 Å². The minimum absolute atomic E-state index is 0.287. The molecule has 4 aromatic rings. The predicted molar refractivity (Wildman–Crippen MR) is 87.0 cm³/mol. The normalized spacial score (nSPS) is 11.0. The molecule has 0 aliphatic carbocycles. The predicted octanol–water partition coefficient (Wildman–Crippen LogP) is 6.05. The zero-order valence-corrected chi connectivity index (χ0v) is 12.1. The van der Waals surface area contributed by atoms with Crippen LogP contribution in [0.1, 0.15) is 0 Å². The molecular formula is C20H12F2O. The Kier molecular flexibility index (Phi) is 3.19. The van der Waals surface area contributed by atoms with Crippen molar-refractivity contribution in [3.63, 3.8) is 0 Å². The molecule has 112 valence electrons. The molecule has 0 amide bonds. The van der Waals surface area contributed by atoms with Gasteiger partial charge in [0.1, 0.15) is 23.0 Å². The van der Waals surface area contributed by atoms with Crippen molar-refractivity contribution in [2.45, 2.75) is 0 Å². The van der Waals surface area contributed by atoms with Gasteiger partial charge >= 0.3 is 0 Å². The summed E-state index contributed by atoms with van der Waals surface area (Å²) in [6.07, 6.45) is 0. The molecule has 3 aromatic carbocycles. The van der Waals surface area contributed by atoms with E-state index < -0.39 is 0 Å². The van der Waals surface area contributed by atoms with E-state index in [2.05, 4.69) is 0 Å². The molecule has 0 radical (unpaired) electrons. The maximum absolute atomic E-state index is 13.2. The van der Waals surface area contributed by atoms with Crippen molar-refractivity contribution in [2.75, 3.05) is 0 Å². The molecule has 0 fully saturated rings. The van der Waals surface area contributed by atoms with Gasteiger partial charge in [-0.15, -0.1) is 0 Å². The number of hydrogen-bond donors (Lipinski definition) is 0. The molecule has 0 bridgehead atoms. The van der Waals surface area contributed by atoms with E-state index in [4.69, 9.17) is 4.42 Å². The minimum atomic E-state index is -0.298. The van der Waals surface area contributed by atoms with Crippen molar-refractivity contribution in [2.24, 2.45) is 0 Å². The molecular weight excluding hydrogens is 294 g/mol. The van der Waals surface area contributed by atoms with Crippen LogP contribution in [0.15, 0.2) is 77.2 Å². The first-order valence-corrected chi connectivity index (χ1v) is 7.26. The molecule has 0 N–H and O–H groups in total. The number of para-hydroxylation sites is 1. The van der Waals surface area contributed by atoms with E-state index in [1.54, 1.807) is 24.3 Å². The maximum Gasteiger partial charge on any atom is 0.143 e. The molecule has 0 aliphatic rings. The van der Waals surface area contributed by atoms with Gasteiger partial charge in [0.15, 0.2) is 0 Å². The van der Waals surface area contributed by atoms with Crippen molar-refractivity contribution in [3.05, 3.63) is 84.4 Å². The second-order valence-electron chi connectivity index (χ2n) is 5.32. The number of rotatable bonds is 2. The Hall–Kier alpha value is -2.94. The van der Waals surface area contributed by atoms with E-state index in [9.17, 15) is 8.78 Å². The quantitative estimate of drug-likeness (QED) is 0.439. The third-order valence-electron chi connectivity index (χ3n) is 3.83. The van der Waals surface area contributed by atoms with E-state index in [0.717, 1.165) is 27.7 Å². The topological polar surface area (TPSA) is 13.1 Å². The molecule has 0 aliphatic heterocycles. The molecule has 4 rings (SSSR count). The van der Waals surface area contributed by atoms with Gasteiger partial charge < -0.3 is 4.42 Å². The summed E-state index contributed by atoms with van der Waals surface area (Å²) < 4.78 is 32.4. The molecule has 0 saturated carbocycles. The Balaban J connectivity index is 2.01. The highest BCUT2D eigenvalue weighted by molar-refractivity contribution is 6.01. The third kappa shape index (κ3) is 2.40. The van der Waals surface area contributed by atoms with Crippen molar-refractivity contribution in [3.8, 4) is 22.5 Å². The zero-order valence-electron chi connectivity index (χ0n) is 12.1. The van der Waals surface area contributed by atoms with Crippen LogP contribution in [0, 0.1) is 11.6 Å². The van der Waals surface area contributed by atoms with Gasteiger partial charge in [0.05, 0.1) is 0 Å². The van der Waals surface area contributed by atoms with Crippen LogP contribution < -0.4 is 0 Å². The number of fused-ring (bicyclic) bond motifs is 1. The van der Waals surface area contributed by atoms with Crippen molar-refractivity contribution >= 4 is 11.0 Å². The summed E-state index contributed by atoms with van der Waals surface area (Å²) in [4.78, 5) is 0. The fourth-order valence-corrected chi connectivity index (χ4v) is 2.75. The largest absolute Gasteiger partial charge is 0.455 e. The Bertz CT molecular complexity index is 967. The molecule has 23 heavy (non-hydrogen) atoms. The van der Waals surface area contributed by atoms with Gasteiger partial charge in [0.25, 0.3) is 0 Å². The van der Waals surface area contributed by atoms with Crippen LogP contribution in [0.3, 0.4) is 0 Å². The second kappa shape index (κ2) is 5.36. The van der Waals surface area contributed by atoms with Gasteiger partial charge in [-0.25, -0.2) is 8.78 Å². The summed E-state index contributed by atoms with van der Waals surface area (Å²) in [5.74, 6) is 0.0656. The van der Waals surface area contributed by atoms with Crippen LogP contribution in [-0.2, 0) is 0 Å². The Labute approximate surface area is 131 Å². The first kappa shape index (κ1) is 13.7. The first-order chi connectivity index (χ1) is 11.2. The highest BCUT2D eigenvalue weighted by atomic mass is 19.1. The summed E-state index contributed by atoms with van der Waals surface area (Å²) in [6, 6.07) is 20.1. The number of halogens is 2. The SMILES string of the molecule is Fc1ccc(-c2oc3ccccc3c2-c2ccc(F)cc2)cc1. The van der Waals surface area contributed by atoms with Gasteiger partial charge in [-0.1, -0.05) is 30.3 Å². The van der Waals surface area contributed by atoms with Crippen LogP contribution in [-0.4, -0.2) is 0 Å². The fourth-order valence-electron chi connectivity index (χ4n) is 2.75. The Morgan fingerprint density at radius 1 is 0.609 bits per heavy atom. The smallest absolute Gasteiger partial charge is 0.143 e. The summed E-state index contributed by atoms with van der Waals surface area (Å²) >= 11 is 0. The summed E-state index contributed by atoms with van der Waals surface area (Å²) in [7, 11) is 0. The Morgan fingerprint density at radius 3 is 1.83 bits per heavy atom. The lowest BCUT2D eigenvalue weighted by Crippen LogP contribution is -1.83. The van der Waals surface area contributed by atoms with Gasteiger partial charge in [-0.05, 0) is 48.0 Å². The Morgan fingerprint density at radius 2 is 1.17 bits per heavy atom. The van der Waals surface area contributed by atoms with Gasteiger partial charge in [0, 0.05) is 16.5 Å². The van der Waals surface area contributed by atoms with Crippen molar-refractivity contribution in [1.82, 2.24) is 0 Å². The van der Waals surface area contributed by atoms with Crippen LogP contribution >= 0.6 is 0 Å².